The Morgan fingerprint density at radius 2 is 2.42 bits per heavy atom. The van der Waals surface area contributed by atoms with Gasteiger partial charge in [0.1, 0.15) is 0 Å². The quantitative estimate of drug-likeness (QED) is 0.900. The zero-order valence-corrected chi connectivity index (χ0v) is 15.7. The van der Waals surface area contributed by atoms with Gasteiger partial charge in [-0.05, 0) is 43.3 Å². The van der Waals surface area contributed by atoms with Crippen molar-refractivity contribution in [3.8, 4) is 0 Å². The minimum Gasteiger partial charge on any atom is -0.369 e. The zero-order chi connectivity index (χ0) is 17.7. The van der Waals surface area contributed by atoms with Crippen molar-refractivity contribution in [2.24, 2.45) is 11.8 Å². The molecule has 0 aliphatic carbocycles. The smallest absolute Gasteiger partial charge is 0.252 e. The Balaban J connectivity index is 1.31. The van der Waals surface area contributed by atoms with E-state index in [1.807, 2.05) is 29.9 Å². The van der Waals surface area contributed by atoms with E-state index in [0.29, 0.717) is 24.5 Å². The van der Waals surface area contributed by atoms with E-state index in [2.05, 4.69) is 27.3 Å². The number of pyridine rings is 1. The molecule has 6 heteroatoms. The van der Waals surface area contributed by atoms with Crippen LogP contribution >= 0.6 is 11.3 Å². The van der Waals surface area contributed by atoms with Crippen LogP contribution in [0.3, 0.4) is 0 Å². The molecule has 26 heavy (non-hydrogen) atoms. The fourth-order valence-electron chi connectivity index (χ4n) is 5.09. The molecule has 5 nitrogen and oxygen atoms in total. The molecule has 0 aromatic carbocycles. The molecule has 3 fully saturated rings. The van der Waals surface area contributed by atoms with Crippen LogP contribution in [-0.2, 0) is 4.74 Å². The fourth-order valence-corrected chi connectivity index (χ4v) is 5.73. The predicted molar refractivity (Wildman–Crippen MR) is 102 cm³/mol. The summed E-state index contributed by atoms with van der Waals surface area (Å²) in [5.41, 5.74) is 3.00. The van der Waals surface area contributed by atoms with Crippen LogP contribution in [0.5, 0.6) is 0 Å². The first kappa shape index (κ1) is 16.3. The number of ether oxygens (including phenoxy) is 1. The van der Waals surface area contributed by atoms with E-state index in [4.69, 9.17) is 4.74 Å². The monoisotopic (exact) mass is 369 g/mol. The number of hydrogen-bond acceptors (Lipinski definition) is 5. The molecule has 3 aliphatic heterocycles. The van der Waals surface area contributed by atoms with Gasteiger partial charge in [0, 0.05) is 60.0 Å². The van der Waals surface area contributed by atoms with Crippen molar-refractivity contribution < 1.29 is 9.53 Å². The van der Waals surface area contributed by atoms with Gasteiger partial charge in [-0.2, -0.15) is 11.3 Å². The maximum absolute atomic E-state index is 12.3. The second kappa shape index (κ2) is 6.06. The number of carbonyl (C=O) groups is 1. The summed E-state index contributed by atoms with van der Waals surface area (Å²) in [6, 6.07) is 6.11. The van der Waals surface area contributed by atoms with E-state index in [0.717, 1.165) is 37.2 Å². The van der Waals surface area contributed by atoms with Gasteiger partial charge in [-0.25, -0.2) is 0 Å². The van der Waals surface area contributed by atoms with Gasteiger partial charge in [0.2, 0.25) is 0 Å². The average Bonchev–Trinajstić information content (AvgIpc) is 3.39. The van der Waals surface area contributed by atoms with E-state index in [1.165, 1.54) is 5.69 Å². The predicted octanol–water partition coefficient (Wildman–Crippen LogP) is 2.87. The Morgan fingerprint density at radius 3 is 3.23 bits per heavy atom. The van der Waals surface area contributed by atoms with Crippen LogP contribution < -0.4 is 10.2 Å². The highest BCUT2D eigenvalue weighted by atomic mass is 32.1. The number of nitrogens with one attached hydrogen (secondary N) is 1. The topological polar surface area (TPSA) is 54.5 Å². The molecule has 3 aliphatic rings. The lowest BCUT2D eigenvalue weighted by Crippen LogP contribution is -2.41. The number of aromatic nitrogens is 1. The normalized spacial score (nSPS) is 32.0. The second-order valence-corrected chi connectivity index (χ2v) is 8.57. The molecule has 5 rings (SSSR count). The van der Waals surface area contributed by atoms with E-state index in [9.17, 15) is 4.79 Å². The highest BCUT2D eigenvalue weighted by molar-refractivity contribution is 7.08. The summed E-state index contributed by atoms with van der Waals surface area (Å²) in [6.07, 6.45) is 4.42. The van der Waals surface area contributed by atoms with Crippen LogP contribution in [0.25, 0.3) is 0 Å². The molecule has 2 aromatic rings. The molecule has 0 radical (unpaired) electrons. The third-order valence-corrected chi connectivity index (χ3v) is 6.99. The SMILES string of the molecule is Cc1cc(N2C[C@@H]3[C@H](CNC(=O)c4ccsc4)[C@H]4CC[C@]3(C2)O4)ccn1. The summed E-state index contributed by atoms with van der Waals surface area (Å²) in [6.45, 7) is 4.68. The number of carbonyl (C=O) groups excluding carboxylic acids is 1. The average molecular weight is 369 g/mol. The summed E-state index contributed by atoms with van der Waals surface area (Å²) < 4.78 is 6.49. The second-order valence-electron chi connectivity index (χ2n) is 7.79. The fraction of sp³-hybridized carbons (Fsp3) is 0.500. The molecule has 0 saturated carbocycles. The van der Waals surface area contributed by atoms with Crippen LogP contribution in [0.1, 0.15) is 28.9 Å². The molecule has 1 N–H and O–H groups in total. The van der Waals surface area contributed by atoms with E-state index in [1.54, 1.807) is 11.3 Å². The Labute approximate surface area is 157 Å². The number of nitrogens with zero attached hydrogens (tertiary/aromatic N) is 2. The van der Waals surface area contributed by atoms with Gasteiger partial charge < -0.3 is 15.0 Å². The number of anilines is 1. The Bertz CT molecular complexity index is 824. The van der Waals surface area contributed by atoms with Gasteiger partial charge in [0.05, 0.1) is 11.7 Å². The maximum Gasteiger partial charge on any atom is 0.252 e. The molecule has 0 unspecified atom stereocenters. The minimum atomic E-state index is -0.0282. The van der Waals surface area contributed by atoms with Crippen LogP contribution in [0, 0.1) is 18.8 Å². The lowest BCUT2D eigenvalue weighted by Gasteiger charge is -2.29. The van der Waals surface area contributed by atoms with Crippen molar-refractivity contribution in [2.75, 3.05) is 24.5 Å². The van der Waals surface area contributed by atoms with E-state index < -0.39 is 0 Å². The number of fused-ring (bicyclic) bond motifs is 1. The lowest BCUT2D eigenvalue weighted by atomic mass is 9.73. The molecule has 136 valence electrons. The number of aryl methyl sites for hydroxylation is 1. The number of hydrogen-bond donors (Lipinski definition) is 1. The number of amides is 1. The van der Waals surface area contributed by atoms with Gasteiger partial charge in [-0.15, -0.1) is 0 Å². The highest BCUT2D eigenvalue weighted by Gasteiger charge is 2.62. The molecule has 3 saturated heterocycles. The molecular weight excluding hydrogens is 346 g/mol. The zero-order valence-electron chi connectivity index (χ0n) is 14.9. The molecule has 4 atom stereocenters. The van der Waals surface area contributed by atoms with Crippen molar-refractivity contribution in [3.05, 3.63) is 46.4 Å². The molecule has 1 amide bonds. The van der Waals surface area contributed by atoms with Crippen LogP contribution in [0.2, 0.25) is 0 Å². The van der Waals surface area contributed by atoms with Crippen molar-refractivity contribution in [3.63, 3.8) is 0 Å². The summed E-state index contributed by atoms with van der Waals surface area (Å²) in [4.78, 5) is 19.1. The highest BCUT2D eigenvalue weighted by Crippen LogP contribution is 2.55. The van der Waals surface area contributed by atoms with Gasteiger partial charge in [0.25, 0.3) is 5.91 Å². The molecule has 2 bridgehead atoms. The molecule has 1 spiro atoms. The summed E-state index contributed by atoms with van der Waals surface area (Å²) in [5.74, 6) is 0.916. The minimum absolute atomic E-state index is 0.0282. The first-order chi connectivity index (χ1) is 12.6. The molecular formula is C20H23N3O2S. The first-order valence-corrected chi connectivity index (χ1v) is 10.2. The number of rotatable bonds is 4. The standard InChI is InChI=1S/C20H23N3O2S/c1-13-8-15(3-6-21-13)23-10-17-16(18-2-5-20(17,12-23)25-18)9-22-19(24)14-4-7-26-11-14/h3-4,6-8,11,16-18H,2,5,9-10,12H2,1H3,(H,22,24)/t16-,17+,18+,20+/m0/s1. The Kier molecular flexibility index (Phi) is 3.79. The van der Waals surface area contributed by atoms with Crippen molar-refractivity contribution in [2.45, 2.75) is 31.5 Å². The van der Waals surface area contributed by atoms with Crippen molar-refractivity contribution in [1.82, 2.24) is 10.3 Å². The van der Waals surface area contributed by atoms with Gasteiger partial charge in [-0.3, -0.25) is 9.78 Å². The number of thiophene rings is 1. The largest absolute Gasteiger partial charge is 0.369 e. The Morgan fingerprint density at radius 1 is 1.50 bits per heavy atom. The van der Waals surface area contributed by atoms with E-state index in [-0.39, 0.29) is 11.5 Å². The third kappa shape index (κ3) is 2.55. The third-order valence-electron chi connectivity index (χ3n) is 6.31. The molecule has 5 heterocycles. The van der Waals surface area contributed by atoms with Gasteiger partial charge in [-0.1, -0.05) is 0 Å². The van der Waals surface area contributed by atoms with Crippen molar-refractivity contribution >= 4 is 22.9 Å². The summed E-state index contributed by atoms with van der Waals surface area (Å²) >= 11 is 1.55. The summed E-state index contributed by atoms with van der Waals surface area (Å²) in [7, 11) is 0. The molecule has 2 aromatic heterocycles. The maximum atomic E-state index is 12.3. The van der Waals surface area contributed by atoms with Crippen LogP contribution in [0.15, 0.2) is 35.2 Å². The van der Waals surface area contributed by atoms with Gasteiger partial charge >= 0.3 is 0 Å². The van der Waals surface area contributed by atoms with Crippen LogP contribution in [0.4, 0.5) is 5.69 Å². The lowest BCUT2D eigenvalue weighted by molar-refractivity contribution is 0.0141. The van der Waals surface area contributed by atoms with Gasteiger partial charge in [0.15, 0.2) is 0 Å². The van der Waals surface area contributed by atoms with Crippen molar-refractivity contribution in [1.29, 1.82) is 0 Å². The Hall–Kier alpha value is -1.92. The first-order valence-electron chi connectivity index (χ1n) is 9.30. The summed E-state index contributed by atoms with van der Waals surface area (Å²) in [5, 5.41) is 6.98. The van der Waals surface area contributed by atoms with E-state index >= 15 is 0 Å². The van der Waals surface area contributed by atoms with Crippen LogP contribution in [-0.4, -0.2) is 42.2 Å².